The Bertz CT molecular complexity index is 359. The number of aliphatic hydroxyl groups excluding tert-OH is 2. The zero-order valence-corrected chi connectivity index (χ0v) is 8.08. The third kappa shape index (κ3) is 1.84. The molecule has 1 aromatic heterocycles. The summed E-state index contributed by atoms with van der Waals surface area (Å²) in [6.45, 7) is 0.609. The van der Waals surface area contributed by atoms with E-state index in [1.54, 1.807) is 23.2 Å². The van der Waals surface area contributed by atoms with Crippen molar-refractivity contribution in [2.24, 2.45) is 0 Å². The minimum atomic E-state index is -0.772. The Kier molecular flexibility index (Phi) is 2.66. The first-order valence-electron chi connectivity index (χ1n) is 4.73. The van der Waals surface area contributed by atoms with Gasteiger partial charge in [0.15, 0.2) is 6.29 Å². The van der Waals surface area contributed by atoms with Gasteiger partial charge in [-0.25, -0.2) is 4.98 Å². The molecule has 0 spiro atoms. The fraction of sp³-hybridized carbons (Fsp3) is 0.400. The van der Waals surface area contributed by atoms with Crippen LogP contribution in [0.25, 0.3) is 0 Å². The van der Waals surface area contributed by atoms with E-state index in [-0.39, 0.29) is 0 Å². The molecular formula is C10H12N2O3. The van der Waals surface area contributed by atoms with Crippen LogP contribution in [-0.2, 0) is 0 Å². The number of β-amino-alcohol motifs (C(OH)–C–C–N with tert-alkyl or cyclic N) is 2. The van der Waals surface area contributed by atoms with E-state index in [2.05, 4.69) is 4.98 Å². The van der Waals surface area contributed by atoms with Gasteiger partial charge in [0, 0.05) is 19.3 Å². The van der Waals surface area contributed by atoms with Crippen LogP contribution < -0.4 is 4.90 Å². The molecule has 1 fully saturated rings. The number of nitrogens with zero attached hydrogens (tertiary/aromatic N) is 2. The van der Waals surface area contributed by atoms with Crippen LogP contribution >= 0.6 is 0 Å². The molecule has 1 saturated heterocycles. The molecule has 5 nitrogen and oxygen atoms in total. The van der Waals surface area contributed by atoms with Crippen molar-refractivity contribution in [1.29, 1.82) is 0 Å². The van der Waals surface area contributed by atoms with E-state index < -0.39 is 12.2 Å². The smallest absolute Gasteiger partial charge is 0.153 e. The van der Waals surface area contributed by atoms with Crippen LogP contribution in [0.1, 0.15) is 10.4 Å². The maximum Gasteiger partial charge on any atom is 0.153 e. The average Bonchev–Trinajstić information content (AvgIpc) is 2.59. The van der Waals surface area contributed by atoms with Gasteiger partial charge in [0.1, 0.15) is 5.82 Å². The Morgan fingerprint density at radius 2 is 2.07 bits per heavy atom. The van der Waals surface area contributed by atoms with E-state index in [0.717, 1.165) is 6.29 Å². The Labute approximate surface area is 87.0 Å². The highest BCUT2D eigenvalue weighted by Crippen LogP contribution is 2.20. The zero-order chi connectivity index (χ0) is 10.8. The zero-order valence-electron chi connectivity index (χ0n) is 8.08. The van der Waals surface area contributed by atoms with Crippen molar-refractivity contribution < 1.29 is 15.0 Å². The molecule has 2 rings (SSSR count). The molecule has 2 N–H and O–H groups in total. The van der Waals surface area contributed by atoms with Crippen molar-refractivity contribution in [3.8, 4) is 0 Å². The number of carbonyl (C=O) groups is 1. The summed E-state index contributed by atoms with van der Waals surface area (Å²) >= 11 is 0. The van der Waals surface area contributed by atoms with E-state index in [1.165, 1.54) is 0 Å². The molecule has 0 aromatic carbocycles. The van der Waals surface area contributed by atoms with Gasteiger partial charge in [-0.05, 0) is 12.1 Å². The van der Waals surface area contributed by atoms with Crippen LogP contribution in [-0.4, -0.2) is 46.8 Å². The lowest BCUT2D eigenvalue weighted by atomic mass is 10.2. The monoisotopic (exact) mass is 208 g/mol. The minimum absolute atomic E-state index is 0.305. The van der Waals surface area contributed by atoms with Crippen molar-refractivity contribution >= 4 is 12.1 Å². The second-order valence-electron chi connectivity index (χ2n) is 3.57. The maximum atomic E-state index is 10.8. The average molecular weight is 208 g/mol. The van der Waals surface area contributed by atoms with Gasteiger partial charge in [0.2, 0.25) is 0 Å². The number of rotatable bonds is 2. The van der Waals surface area contributed by atoms with Crippen molar-refractivity contribution in [2.45, 2.75) is 12.2 Å². The Hall–Kier alpha value is -1.46. The predicted molar refractivity (Wildman–Crippen MR) is 53.9 cm³/mol. The molecule has 0 radical (unpaired) electrons. The number of aliphatic hydroxyl groups is 2. The molecule has 2 atom stereocenters. The van der Waals surface area contributed by atoms with Crippen molar-refractivity contribution in [3.63, 3.8) is 0 Å². The third-order valence-electron chi connectivity index (χ3n) is 2.50. The van der Waals surface area contributed by atoms with E-state index >= 15 is 0 Å². The Morgan fingerprint density at radius 1 is 1.40 bits per heavy atom. The predicted octanol–water partition coefficient (Wildman–Crippen LogP) is -0.564. The van der Waals surface area contributed by atoms with Gasteiger partial charge in [0.05, 0.1) is 17.8 Å². The van der Waals surface area contributed by atoms with Gasteiger partial charge in [-0.1, -0.05) is 0 Å². The Morgan fingerprint density at radius 3 is 2.67 bits per heavy atom. The first-order chi connectivity index (χ1) is 7.22. The molecular weight excluding hydrogens is 196 g/mol. The first-order valence-corrected chi connectivity index (χ1v) is 4.73. The summed E-state index contributed by atoms with van der Waals surface area (Å²) in [5.41, 5.74) is 0.471. The topological polar surface area (TPSA) is 73.7 Å². The van der Waals surface area contributed by atoms with Crippen molar-refractivity contribution in [3.05, 3.63) is 23.9 Å². The summed E-state index contributed by atoms with van der Waals surface area (Å²) in [6.07, 6.45) is 0.761. The molecule has 5 heteroatoms. The minimum Gasteiger partial charge on any atom is -0.389 e. The van der Waals surface area contributed by atoms with Gasteiger partial charge in [-0.2, -0.15) is 0 Å². The number of aldehydes is 1. The second-order valence-corrected chi connectivity index (χ2v) is 3.57. The quantitative estimate of drug-likeness (QED) is 0.637. The summed E-state index contributed by atoms with van der Waals surface area (Å²) in [5, 5.41) is 18.8. The largest absolute Gasteiger partial charge is 0.389 e. The van der Waals surface area contributed by atoms with Crippen LogP contribution in [0.3, 0.4) is 0 Å². The molecule has 15 heavy (non-hydrogen) atoms. The molecule has 0 amide bonds. The summed E-state index contributed by atoms with van der Waals surface area (Å²) in [5.74, 6) is 0.517. The van der Waals surface area contributed by atoms with Gasteiger partial charge < -0.3 is 15.1 Å². The molecule has 1 aromatic rings. The van der Waals surface area contributed by atoms with Crippen LogP contribution in [0.2, 0.25) is 0 Å². The second kappa shape index (κ2) is 3.96. The van der Waals surface area contributed by atoms with E-state index in [9.17, 15) is 15.0 Å². The van der Waals surface area contributed by atoms with Crippen molar-refractivity contribution in [2.75, 3.05) is 18.0 Å². The fourth-order valence-corrected chi connectivity index (χ4v) is 1.71. The summed E-state index contributed by atoms with van der Waals surface area (Å²) in [7, 11) is 0. The van der Waals surface area contributed by atoms with E-state index in [4.69, 9.17) is 0 Å². The molecule has 1 aliphatic rings. The molecule has 0 aliphatic carbocycles. The number of carbonyl (C=O) groups excluding carboxylic acids is 1. The van der Waals surface area contributed by atoms with Gasteiger partial charge in [-0.15, -0.1) is 0 Å². The highest BCUT2D eigenvalue weighted by atomic mass is 16.3. The molecule has 80 valence electrons. The number of aromatic nitrogens is 1. The summed E-state index contributed by atoms with van der Waals surface area (Å²) in [4.78, 5) is 16.5. The fourth-order valence-electron chi connectivity index (χ4n) is 1.71. The van der Waals surface area contributed by atoms with Crippen LogP contribution in [0.4, 0.5) is 5.82 Å². The van der Waals surface area contributed by atoms with Crippen LogP contribution in [0.15, 0.2) is 18.3 Å². The maximum absolute atomic E-state index is 10.8. The SMILES string of the molecule is O=Cc1cccnc1N1CC(O)C(O)C1. The first kappa shape index (κ1) is 10.1. The van der Waals surface area contributed by atoms with Gasteiger partial charge in [-0.3, -0.25) is 4.79 Å². The molecule has 2 unspecified atom stereocenters. The van der Waals surface area contributed by atoms with Gasteiger partial charge >= 0.3 is 0 Å². The van der Waals surface area contributed by atoms with Crippen molar-refractivity contribution in [1.82, 2.24) is 4.98 Å². The Balaban J connectivity index is 2.27. The highest BCUT2D eigenvalue weighted by Gasteiger charge is 2.31. The standard InChI is InChI=1S/C10H12N2O3/c13-6-7-2-1-3-11-10(7)12-4-8(14)9(15)5-12/h1-3,6,8-9,14-15H,4-5H2. The molecule has 0 saturated carbocycles. The van der Waals surface area contributed by atoms with E-state index in [1.807, 2.05) is 0 Å². The lowest BCUT2D eigenvalue weighted by Crippen LogP contribution is -2.23. The van der Waals surface area contributed by atoms with Gasteiger partial charge in [0.25, 0.3) is 0 Å². The molecule has 1 aliphatic heterocycles. The number of hydrogen-bond acceptors (Lipinski definition) is 5. The highest BCUT2D eigenvalue weighted by molar-refractivity contribution is 5.82. The lowest BCUT2D eigenvalue weighted by Gasteiger charge is -2.17. The summed E-state index contributed by atoms with van der Waals surface area (Å²) in [6, 6.07) is 3.34. The van der Waals surface area contributed by atoms with Crippen LogP contribution in [0, 0.1) is 0 Å². The van der Waals surface area contributed by atoms with E-state index in [0.29, 0.717) is 24.5 Å². The third-order valence-corrected chi connectivity index (χ3v) is 2.50. The number of anilines is 1. The molecule has 2 heterocycles. The molecule has 0 bridgehead atoms. The summed E-state index contributed by atoms with van der Waals surface area (Å²) < 4.78 is 0. The normalized spacial score (nSPS) is 25.6. The number of hydrogen-bond donors (Lipinski definition) is 2. The number of pyridine rings is 1. The van der Waals surface area contributed by atoms with Crippen LogP contribution in [0.5, 0.6) is 0 Å². The lowest BCUT2D eigenvalue weighted by molar-refractivity contribution is 0.0572.